The van der Waals surface area contributed by atoms with Crippen LogP contribution in [0.3, 0.4) is 0 Å². The summed E-state index contributed by atoms with van der Waals surface area (Å²) < 4.78 is 13.3. The summed E-state index contributed by atoms with van der Waals surface area (Å²) in [4.78, 5) is 0. The molecule has 0 amide bonds. The molecule has 20 rings (SSSR count). The van der Waals surface area contributed by atoms with Gasteiger partial charge in [0.2, 0.25) is 0 Å². The molecule has 12 aromatic rings. The molecule has 0 bridgehead atoms. The van der Waals surface area contributed by atoms with E-state index in [9.17, 15) is 10.2 Å². The molecule has 7 unspecified atom stereocenters. The van der Waals surface area contributed by atoms with E-state index in [0.717, 1.165) is 57.7 Å². The van der Waals surface area contributed by atoms with Gasteiger partial charge < -0.3 is 19.7 Å². The number of rotatable bonds is 12. The lowest BCUT2D eigenvalue weighted by Crippen LogP contribution is -2.38. The number of hydrogen-bond acceptors (Lipinski definition) is 4. The third kappa shape index (κ3) is 15.2. The molecular weight excluding hydrogens is 1590 g/mol. The van der Waals surface area contributed by atoms with E-state index in [1.807, 2.05) is 97.1 Å². The first-order chi connectivity index (χ1) is 61.6. The maximum Gasteiger partial charge on any atom is 0.162 e. The molecule has 4 spiro atoms. The number of ether oxygens (including phenoxy) is 2. The van der Waals surface area contributed by atoms with Gasteiger partial charge in [0.1, 0.15) is 25.4 Å². The molecule has 0 aliphatic heterocycles. The third-order valence-electron chi connectivity index (χ3n) is 35.4. The minimum Gasteiger partial charge on any atom is -0.485 e. The molecule has 682 valence electrons. The Morgan fingerprint density at radius 3 is 0.802 bits per heavy atom. The Balaban J connectivity index is 0.000000131. The van der Waals surface area contributed by atoms with Crippen molar-refractivity contribution in [2.24, 2.45) is 5.92 Å². The molecule has 12 aromatic carbocycles. The van der Waals surface area contributed by atoms with Crippen molar-refractivity contribution in [1.29, 1.82) is 0 Å². The average Bonchev–Trinajstić information content (AvgIpc) is 1.51. The molecule has 7 atom stereocenters. The normalized spacial score (nSPS) is 23.0. The Morgan fingerprint density at radius 2 is 0.496 bits per heavy atom. The lowest BCUT2D eigenvalue weighted by Gasteiger charge is -2.39. The van der Waals surface area contributed by atoms with E-state index < -0.39 is 12.2 Å². The van der Waals surface area contributed by atoms with Crippen molar-refractivity contribution in [2.75, 3.05) is 0 Å². The van der Waals surface area contributed by atoms with Crippen LogP contribution in [0.25, 0.3) is 0 Å². The lowest BCUT2D eigenvalue weighted by molar-refractivity contribution is 0.196. The predicted molar refractivity (Wildman–Crippen MR) is 549 cm³/mol. The van der Waals surface area contributed by atoms with Crippen molar-refractivity contribution in [3.8, 4) is 11.5 Å². The van der Waals surface area contributed by atoms with Gasteiger partial charge in [-0.25, -0.2) is 0 Å². The molecule has 0 aromatic heterocycles. The monoisotopic (exact) mass is 1740 g/mol. The predicted octanol–water partition coefficient (Wildman–Crippen LogP) is 31.4. The Labute approximate surface area is 788 Å². The summed E-state index contributed by atoms with van der Waals surface area (Å²) in [6, 6.07) is 79.1. The van der Waals surface area contributed by atoms with Crippen molar-refractivity contribution in [3.05, 3.63) is 408 Å². The molecule has 131 heavy (non-hydrogen) atoms. The smallest absolute Gasteiger partial charge is 0.162 e. The van der Waals surface area contributed by atoms with Crippen molar-refractivity contribution in [3.63, 3.8) is 0 Å². The molecule has 4 nitrogen and oxygen atoms in total. The molecule has 0 radical (unpaired) electrons. The Bertz CT molecular complexity index is 6140. The number of benzene rings is 12. The van der Waals surface area contributed by atoms with E-state index >= 15 is 0 Å². The Hall–Kier alpha value is -9.84. The zero-order valence-corrected chi connectivity index (χ0v) is 85.0. The molecule has 8 aliphatic carbocycles. The van der Waals surface area contributed by atoms with E-state index in [1.165, 1.54) is 134 Å². The second-order valence-electron chi connectivity index (χ2n) is 47.1. The number of hydrogen-bond donors (Lipinski definition) is 2. The fraction of sp³-hybridized carbons (Fsp3) is 0.433. The molecule has 2 N–H and O–H groups in total. The number of aliphatic hydroxyl groups is 2. The van der Waals surface area contributed by atoms with Crippen molar-refractivity contribution in [2.45, 2.75) is 349 Å². The highest BCUT2D eigenvalue weighted by atomic mass is 16.5. The zero-order valence-electron chi connectivity index (χ0n) is 85.0. The van der Waals surface area contributed by atoms with Crippen molar-refractivity contribution < 1.29 is 19.7 Å². The summed E-state index contributed by atoms with van der Waals surface area (Å²) in [6.45, 7) is 69.4. The van der Waals surface area contributed by atoms with Crippen molar-refractivity contribution >= 4 is 0 Å². The highest BCUT2D eigenvalue weighted by Crippen LogP contribution is 2.70. The maximum atomic E-state index is 12.1. The molecule has 4 heteroatoms. The summed E-state index contributed by atoms with van der Waals surface area (Å²) in [5.74, 6) is 2.08. The van der Waals surface area contributed by atoms with Crippen LogP contribution < -0.4 is 9.47 Å². The number of fused-ring (bicyclic) bond motifs is 16. The van der Waals surface area contributed by atoms with Gasteiger partial charge >= 0.3 is 0 Å². The quantitative estimate of drug-likeness (QED) is 0.128. The number of aliphatic hydroxyl groups excluding tert-OH is 2. The first-order valence-electron chi connectivity index (χ1n) is 49.5. The van der Waals surface area contributed by atoms with Gasteiger partial charge in [0.15, 0.2) is 11.5 Å². The van der Waals surface area contributed by atoms with Crippen LogP contribution in [0, 0.1) is 89.0 Å². The van der Waals surface area contributed by atoms with Crippen LogP contribution in [0.15, 0.2) is 218 Å². The van der Waals surface area contributed by atoms with Gasteiger partial charge in [0.25, 0.3) is 0 Å². The van der Waals surface area contributed by atoms with Crippen LogP contribution in [-0.4, -0.2) is 10.2 Å². The second-order valence-corrected chi connectivity index (χ2v) is 47.1. The van der Waals surface area contributed by atoms with E-state index in [1.54, 1.807) is 66.8 Å². The molecule has 0 fully saturated rings. The minimum absolute atomic E-state index is 0.150. The Morgan fingerprint density at radius 1 is 0.267 bits per heavy atom. The van der Waals surface area contributed by atoms with E-state index in [2.05, 4.69) is 322 Å². The largest absolute Gasteiger partial charge is 0.485 e. The van der Waals surface area contributed by atoms with Crippen LogP contribution in [0.5, 0.6) is 11.5 Å². The average molecular weight is 1740 g/mol. The summed E-state index contributed by atoms with van der Waals surface area (Å²) in [5.41, 5.74) is 48.0. The topological polar surface area (TPSA) is 58.9 Å². The van der Waals surface area contributed by atoms with E-state index in [4.69, 9.17) is 9.47 Å². The summed E-state index contributed by atoms with van der Waals surface area (Å²) >= 11 is 0. The SMILES string of the molecule is CC1(C)CC2(CC(C)(C)c3cc(C(O)c4ccccc4)c(C(O)c4ccccc4)cc32)c2cc(OCc3ccccc3)c(OCc3ccccc3)cc21.CCC1(C)CC2(c3cc(C)c(C)cc31)c1cc(C)c(C)cc1C(C)(CC)C2C.Cc1cc2c(cc1C)C1(CC2(C)C)CC(C)(C)c2cc(C)c(C)cc21.Cc1cc2c(cc1C)C1(CC2(C)C)CC(C)(C)c2cc(C)c(C)cc21. The van der Waals surface area contributed by atoms with Crippen LogP contribution in [0.2, 0.25) is 0 Å². The van der Waals surface area contributed by atoms with Gasteiger partial charge in [0, 0.05) is 21.7 Å². The third-order valence-corrected chi connectivity index (χ3v) is 35.4. The summed E-state index contributed by atoms with van der Waals surface area (Å²) in [7, 11) is 0. The van der Waals surface area contributed by atoms with Gasteiger partial charge in [-0.1, -0.05) is 324 Å². The Kier molecular flexibility index (Phi) is 23.3. The first kappa shape index (κ1) is 93.0. The fourth-order valence-corrected chi connectivity index (χ4v) is 27.5. The first-order valence-corrected chi connectivity index (χ1v) is 49.5. The summed E-state index contributed by atoms with van der Waals surface area (Å²) in [6.07, 6.45) is 8.57. The van der Waals surface area contributed by atoms with Gasteiger partial charge in [-0.05, 0) is 391 Å². The van der Waals surface area contributed by atoms with E-state index in [-0.39, 0.29) is 65.0 Å². The number of aryl methyl sites for hydroxylation is 12. The van der Waals surface area contributed by atoms with Crippen LogP contribution >= 0.6 is 0 Å². The molecule has 0 saturated carbocycles. The van der Waals surface area contributed by atoms with Crippen LogP contribution in [0.4, 0.5) is 0 Å². The zero-order chi connectivity index (χ0) is 94.2. The standard InChI is InChI=1S/C49H48O4.C28H38.2C25H32/c1-47(2)31-49(41-26-38(46(51)36-23-15-8-16-24-36)37(25-39(41)47)45(50)35-21-13-7-14-22-35)32-48(3,4)40-27-43(52-29-33-17-9-5-10-18-33)44(28-42(40)49)53-30-34-19-11-6-12-20-34;1-10-26(8)16-28(24-14-19(5)17(3)12-22(24)26)21(7)27(9,11-2)23-13-18(4)20(6)15-25(23)28;2*1-15-9-19-21(11-17(15)3)25(13-23(19,5)6)14-24(7,8)20-10-16(2)18(4)12-22(20)25/h5-28,45-46,50-51H,29-32H2,1-4H3;12-15,21H,10-11,16H2,1-9H3;2*9-12H,13-14H2,1-8H3. The van der Waals surface area contributed by atoms with Gasteiger partial charge in [-0.2, -0.15) is 0 Å². The highest BCUT2D eigenvalue weighted by molar-refractivity contribution is 5.70. The van der Waals surface area contributed by atoms with Crippen molar-refractivity contribution in [1.82, 2.24) is 0 Å². The molecule has 8 aliphatic rings. The molecular formula is C127H150O4. The lowest BCUT2D eigenvalue weighted by atomic mass is 9.63. The van der Waals surface area contributed by atoms with E-state index in [0.29, 0.717) is 19.1 Å². The second kappa shape index (κ2) is 32.8. The summed E-state index contributed by atoms with van der Waals surface area (Å²) in [5, 5.41) is 24.1. The van der Waals surface area contributed by atoms with Gasteiger partial charge in [-0.15, -0.1) is 0 Å². The van der Waals surface area contributed by atoms with Crippen LogP contribution in [0.1, 0.15) is 377 Å². The molecule has 0 saturated heterocycles. The highest BCUT2D eigenvalue weighted by Gasteiger charge is 2.64. The van der Waals surface area contributed by atoms with Gasteiger partial charge in [0.05, 0.1) is 0 Å². The van der Waals surface area contributed by atoms with Gasteiger partial charge in [-0.3, -0.25) is 0 Å². The molecule has 0 heterocycles. The maximum absolute atomic E-state index is 12.1. The fourth-order valence-electron chi connectivity index (χ4n) is 27.5. The van der Waals surface area contributed by atoms with Crippen LogP contribution in [-0.2, 0) is 78.2 Å². The minimum atomic E-state index is -0.914.